The molecule has 2 radical (unpaired) electrons. The van der Waals surface area contributed by atoms with Gasteiger partial charge in [0.2, 0.25) is 0 Å². The third-order valence-electron chi connectivity index (χ3n) is 9.53. The molecule has 7 atom stereocenters. The van der Waals surface area contributed by atoms with Crippen LogP contribution in [0.2, 0.25) is 0 Å². The maximum absolute atomic E-state index is 6.18. The Labute approximate surface area is 231 Å². The Balaban J connectivity index is 2.43. The van der Waals surface area contributed by atoms with Gasteiger partial charge in [0.25, 0.3) is 0 Å². The summed E-state index contributed by atoms with van der Waals surface area (Å²) in [5.41, 5.74) is 5.11. The molecular formula is C35H55BO. The average molecular weight is 503 g/mol. The summed E-state index contributed by atoms with van der Waals surface area (Å²) in [5, 5.41) is 0. The third-order valence-corrected chi connectivity index (χ3v) is 9.53. The highest BCUT2D eigenvalue weighted by Gasteiger charge is 2.44. The van der Waals surface area contributed by atoms with E-state index in [-0.39, 0.29) is 5.41 Å². The molecule has 0 aromatic heterocycles. The van der Waals surface area contributed by atoms with Gasteiger partial charge in [0, 0.05) is 13.7 Å². The van der Waals surface area contributed by atoms with Gasteiger partial charge >= 0.3 is 0 Å². The lowest BCUT2D eigenvalue weighted by Crippen LogP contribution is -2.41. The molecule has 0 spiro atoms. The molecule has 204 valence electrons. The molecule has 2 aliphatic carbocycles. The van der Waals surface area contributed by atoms with Crippen molar-refractivity contribution in [2.45, 2.75) is 92.9 Å². The van der Waals surface area contributed by atoms with E-state index in [1.54, 1.807) is 7.11 Å². The van der Waals surface area contributed by atoms with Crippen molar-refractivity contribution in [2.75, 3.05) is 13.7 Å². The normalized spacial score (nSPS) is 26.7. The van der Waals surface area contributed by atoms with Gasteiger partial charge in [0.1, 0.15) is 7.85 Å². The van der Waals surface area contributed by atoms with E-state index in [2.05, 4.69) is 91.2 Å². The first-order valence-electron chi connectivity index (χ1n) is 14.9. The topological polar surface area (TPSA) is 9.23 Å². The third kappa shape index (κ3) is 8.74. The maximum atomic E-state index is 6.18. The van der Waals surface area contributed by atoms with E-state index >= 15 is 0 Å². The van der Waals surface area contributed by atoms with Gasteiger partial charge in [-0.1, -0.05) is 120 Å². The van der Waals surface area contributed by atoms with Gasteiger partial charge in [0.15, 0.2) is 0 Å². The molecule has 0 aromatic rings. The van der Waals surface area contributed by atoms with Gasteiger partial charge in [-0.2, -0.15) is 0 Å². The fourth-order valence-electron chi connectivity index (χ4n) is 6.75. The largest absolute Gasteiger partial charge is 0.385 e. The summed E-state index contributed by atoms with van der Waals surface area (Å²) in [5.74, 6) is 2.82. The predicted molar refractivity (Wildman–Crippen MR) is 165 cm³/mol. The molecule has 0 amide bonds. The van der Waals surface area contributed by atoms with E-state index < -0.39 is 0 Å². The molecule has 7 unspecified atom stereocenters. The summed E-state index contributed by atoms with van der Waals surface area (Å²) in [6.45, 7) is 23.9. The van der Waals surface area contributed by atoms with Crippen molar-refractivity contribution in [2.24, 2.45) is 40.9 Å². The first-order valence-corrected chi connectivity index (χ1v) is 14.9. The molecule has 0 saturated carbocycles. The van der Waals surface area contributed by atoms with Crippen LogP contribution in [-0.2, 0) is 4.74 Å². The van der Waals surface area contributed by atoms with Crippen LogP contribution in [0.5, 0.6) is 0 Å². The first kappa shape index (κ1) is 31.7. The minimum absolute atomic E-state index is 0.149. The van der Waals surface area contributed by atoms with Crippen LogP contribution in [0.3, 0.4) is 0 Å². The van der Waals surface area contributed by atoms with Crippen molar-refractivity contribution in [1.82, 2.24) is 0 Å². The van der Waals surface area contributed by atoms with E-state index in [1.807, 2.05) is 0 Å². The lowest BCUT2D eigenvalue weighted by Gasteiger charge is -2.49. The summed E-state index contributed by atoms with van der Waals surface area (Å²) < 4.78 is 5.33. The van der Waals surface area contributed by atoms with E-state index in [0.717, 1.165) is 24.9 Å². The van der Waals surface area contributed by atoms with Crippen LogP contribution in [0.1, 0.15) is 92.9 Å². The number of unbranched alkanes of at least 4 members (excludes halogenated alkanes) is 3. The van der Waals surface area contributed by atoms with E-state index in [0.29, 0.717) is 35.5 Å². The summed E-state index contributed by atoms with van der Waals surface area (Å²) in [6.07, 6.45) is 23.8. The number of hydrogen-bond donors (Lipinski definition) is 0. The molecule has 0 bridgehead atoms. The second-order valence-corrected chi connectivity index (χ2v) is 12.4. The highest BCUT2D eigenvalue weighted by Crippen LogP contribution is 2.52. The molecule has 2 rings (SSSR count). The summed E-state index contributed by atoms with van der Waals surface area (Å²) in [7, 11) is 7.98. The Morgan fingerprint density at radius 3 is 2.38 bits per heavy atom. The van der Waals surface area contributed by atoms with E-state index in [9.17, 15) is 0 Å². The van der Waals surface area contributed by atoms with Crippen molar-refractivity contribution in [3.63, 3.8) is 0 Å². The van der Waals surface area contributed by atoms with Crippen molar-refractivity contribution in [3.05, 3.63) is 71.8 Å². The van der Waals surface area contributed by atoms with Crippen LogP contribution in [-0.4, -0.2) is 21.6 Å². The molecule has 0 aliphatic heterocycles. The summed E-state index contributed by atoms with van der Waals surface area (Å²) in [6, 6.07) is 0. The number of hydrogen-bond acceptors (Lipinski definition) is 1. The number of rotatable bonds is 16. The Kier molecular flexibility index (Phi) is 13.0. The van der Waals surface area contributed by atoms with Gasteiger partial charge in [-0.05, 0) is 80.0 Å². The minimum atomic E-state index is 0.149. The zero-order valence-corrected chi connectivity index (χ0v) is 25.2. The number of allylic oxidation sites excluding steroid dienone is 10. The van der Waals surface area contributed by atoms with Gasteiger partial charge < -0.3 is 4.74 Å². The first-order chi connectivity index (χ1) is 17.5. The van der Waals surface area contributed by atoms with Crippen molar-refractivity contribution in [3.8, 4) is 0 Å². The molecule has 0 aromatic carbocycles. The Morgan fingerprint density at radius 1 is 1.05 bits per heavy atom. The molecule has 0 saturated heterocycles. The van der Waals surface area contributed by atoms with Crippen LogP contribution < -0.4 is 0 Å². The SMILES string of the molecule is [B]C1=CC(C)C(C2C=CC(CCCC)=CC2C(C)C(C)(CCCCCOC)C(C)C(=C)CC(=C)C)C=C1. The number of ether oxygens (including phenoxy) is 1. The Morgan fingerprint density at radius 2 is 1.76 bits per heavy atom. The van der Waals surface area contributed by atoms with Gasteiger partial charge in [-0.15, -0.1) is 5.47 Å². The van der Waals surface area contributed by atoms with Crippen LogP contribution in [0, 0.1) is 40.9 Å². The smallest absolute Gasteiger partial charge is 0.113 e. The highest BCUT2D eigenvalue weighted by atomic mass is 16.5. The van der Waals surface area contributed by atoms with Gasteiger partial charge in [-0.25, -0.2) is 0 Å². The van der Waals surface area contributed by atoms with E-state index in [4.69, 9.17) is 12.6 Å². The Bertz CT molecular complexity index is 874. The Hall–Kier alpha value is -1.54. The van der Waals surface area contributed by atoms with Crippen molar-refractivity contribution in [1.29, 1.82) is 0 Å². The molecule has 0 N–H and O–H groups in total. The molecule has 2 heteroatoms. The second-order valence-electron chi connectivity index (χ2n) is 12.4. The van der Waals surface area contributed by atoms with Crippen LogP contribution >= 0.6 is 0 Å². The monoisotopic (exact) mass is 502 g/mol. The molecule has 2 aliphatic rings. The lowest BCUT2D eigenvalue weighted by molar-refractivity contribution is 0.0608. The predicted octanol–water partition coefficient (Wildman–Crippen LogP) is 9.79. The zero-order valence-electron chi connectivity index (χ0n) is 25.2. The van der Waals surface area contributed by atoms with Gasteiger partial charge in [0.05, 0.1) is 0 Å². The molecular weight excluding hydrogens is 447 g/mol. The van der Waals surface area contributed by atoms with Gasteiger partial charge in [-0.3, -0.25) is 0 Å². The molecule has 1 nitrogen and oxygen atoms in total. The van der Waals surface area contributed by atoms with Crippen molar-refractivity contribution < 1.29 is 4.74 Å². The highest BCUT2D eigenvalue weighted by molar-refractivity contribution is 6.23. The average Bonchev–Trinajstić information content (AvgIpc) is 2.86. The van der Waals surface area contributed by atoms with Crippen LogP contribution in [0.25, 0.3) is 0 Å². The lowest BCUT2D eigenvalue weighted by atomic mass is 9.56. The fraction of sp³-hybridized carbons (Fsp3) is 0.657. The van der Waals surface area contributed by atoms with Crippen LogP contribution in [0.4, 0.5) is 0 Å². The maximum Gasteiger partial charge on any atom is 0.113 e. The quantitative estimate of drug-likeness (QED) is 0.116. The van der Waals surface area contributed by atoms with E-state index in [1.165, 1.54) is 55.2 Å². The second kappa shape index (κ2) is 15.2. The number of methoxy groups -OCH3 is 1. The molecule has 0 fully saturated rings. The molecule has 37 heavy (non-hydrogen) atoms. The standard InChI is InChI=1S/C35H55BO/c1-10-11-15-30-16-18-33(32-19-17-31(36)23-27(32)5)34(24-30)29(7)35(8,20-13-12-14-21-37-9)28(6)26(4)22-25(2)3/h16-19,23-24,27-29,32-34H,2,4,10-15,20-22H2,1,3,5-9H3. The summed E-state index contributed by atoms with van der Waals surface area (Å²) in [4.78, 5) is 0. The van der Waals surface area contributed by atoms with Crippen LogP contribution in [0.15, 0.2) is 71.8 Å². The minimum Gasteiger partial charge on any atom is -0.385 e. The summed E-state index contributed by atoms with van der Waals surface area (Å²) >= 11 is 0. The zero-order chi connectivity index (χ0) is 27.6. The molecule has 0 heterocycles. The fourth-order valence-corrected chi connectivity index (χ4v) is 6.75. The van der Waals surface area contributed by atoms with Crippen molar-refractivity contribution >= 4 is 7.85 Å².